The molecule has 0 aromatic heterocycles. The van der Waals surface area contributed by atoms with Crippen LogP contribution in [0.5, 0.6) is 0 Å². The van der Waals surface area contributed by atoms with Crippen LogP contribution in [-0.4, -0.2) is 37.7 Å². The fourth-order valence-corrected chi connectivity index (χ4v) is 1.60. The van der Waals surface area contributed by atoms with Gasteiger partial charge >= 0.3 is 0 Å². The summed E-state index contributed by atoms with van der Waals surface area (Å²) < 4.78 is 5.37. The van der Waals surface area contributed by atoms with Gasteiger partial charge in [-0.2, -0.15) is 0 Å². The zero-order valence-electron chi connectivity index (χ0n) is 7.21. The molecule has 1 saturated heterocycles. The molecule has 0 bridgehead atoms. The minimum Gasteiger partial charge on any atom is -0.394 e. The highest BCUT2D eigenvalue weighted by molar-refractivity contribution is 6.11. The third kappa shape index (κ3) is 1.55. The van der Waals surface area contributed by atoms with Crippen molar-refractivity contribution in [3.8, 4) is 0 Å². The normalized spacial score (nSPS) is 40.8. The molecule has 66 valence electrons. The summed E-state index contributed by atoms with van der Waals surface area (Å²) in [4.78, 5) is 2.75. The molecule has 0 spiro atoms. The summed E-state index contributed by atoms with van der Waals surface area (Å²) in [6, 6.07) is -0.236. The van der Waals surface area contributed by atoms with E-state index < -0.39 is 0 Å². The molecule has 12 heavy (non-hydrogen) atoms. The highest BCUT2D eigenvalue weighted by Gasteiger charge is 2.37. The molecular formula is C6H12BN3O2. The minimum atomic E-state index is -0.185. The van der Waals surface area contributed by atoms with Crippen LogP contribution < -0.4 is 0 Å². The number of hydrogen-bond acceptors (Lipinski definition) is 3. The van der Waals surface area contributed by atoms with E-state index in [0.717, 1.165) is 0 Å². The van der Waals surface area contributed by atoms with Crippen molar-refractivity contribution in [3.05, 3.63) is 10.4 Å². The first-order chi connectivity index (χ1) is 5.70. The molecule has 0 aliphatic carbocycles. The van der Waals surface area contributed by atoms with E-state index in [1.54, 1.807) is 0 Å². The zero-order valence-corrected chi connectivity index (χ0v) is 7.21. The molecular weight excluding hydrogens is 157 g/mol. The van der Waals surface area contributed by atoms with E-state index in [1.165, 1.54) is 0 Å². The van der Waals surface area contributed by atoms with Gasteiger partial charge in [0.05, 0.1) is 18.8 Å². The molecule has 1 N–H and O–H groups in total. The van der Waals surface area contributed by atoms with Crippen LogP contribution in [0.1, 0.15) is 6.92 Å². The van der Waals surface area contributed by atoms with Crippen molar-refractivity contribution in [2.24, 2.45) is 11.0 Å². The monoisotopic (exact) mass is 169 g/mol. The minimum absolute atomic E-state index is 0.0110. The first kappa shape index (κ1) is 9.38. The molecule has 0 unspecified atom stereocenters. The highest BCUT2D eigenvalue weighted by atomic mass is 16.5. The summed E-state index contributed by atoms with van der Waals surface area (Å²) in [5.74, 6) is 0.0981. The Bertz CT molecular complexity index is 207. The number of rotatable bonds is 2. The summed E-state index contributed by atoms with van der Waals surface area (Å²) in [7, 11) is 1.85. The van der Waals surface area contributed by atoms with E-state index in [2.05, 4.69) is 10.0 Å². The van der Waals surface area contributed by atoms with Crippen molar-refractivity contribution in [2.75, 3.05) is 6.61 Å². The molecule has 0 saturated carbocycles. The molecule has 0 radical (unpaired) electrons. The maximum Gasteiger partial charge on any atom is 0.139 e. The second-order valence-corrected chi connectivity index (χ2v) is 3.12. The Morgan fingerprint density at radius 3 is 2.83 bits per heavy atom. The van der Waals surface area contributed by atoms with Crippen LogP contribution in [-0.2, 0) is 4.74 Å². The van der Waals surface area contributed by atoms with Gasteiger partial charge in [0.15, 0.2) is 0 Å². The van der Waals surface area contributed by atoms with Crippen LogP contribution >= 0.6 is 0 Å². The second-order valence-electron chi connectivity index (χ2n) is 3.12. The number of aliphatic hydroxyl groups excluding tert-OH is 1. The Balaban J connectivity index is 2.69. The van der Waals surface area contributed by atoms with Crippen molar-refractivity contribution in [1.82, 2.24) is 0 Å². The van der Waals surface area contributed by atoms with Crippen LogP contribution in [0, 0.1) is 5.92 Å². The van der Waals surface area contributed by atoms with Gasteiger partial charge in [0, 0.05) is 10.9 Å². The van der Waals surface area contributed by atoms with Crippen LogP contribution in [0.25, 0.3) is 10.4 Å². The van der Waals surface area contributed by atoms with E-state index in [4.69, 9.17) is 15.4 Å². The van der Waals surface area contributed by atoms with Gasteiger partial charge in [-0.25, -0.2) is 0 Å². The highest BCUT2D eigenvalue weighted by Crippen LogP contribution is 2.27. The number of azide groups is 1. The van der Waals surface area contributed by atoms with Gasteiger partial charge in [0.1, 0.15) is 7.85 Å². The van der Waals surface area contributed by atoms with Gasteiger partial charge in [-0.3, -0.25) is 0 Å². The summed E-state index contributed by atoms with van der Waals surface area (Å²) in [5.41, 5.74) is 8.26. The van der Waals surface area contributed by atoms with Gasteiger partial charge in [0.25, 0.3) is 0 Å². The average Bonchev–Trinajstić information content (AvgIpc) is 2.32. The quantitative estimate of drug-likeness (QED) is 0.265. The number of hydrogen-bond donors (Lipinski definition) is 1. The lowest BCUT2D eigenvalue weighted by Gasteiger charge is -2.12. The maximum atomic E-state index is 8.88. The lowest BCUT2D eigenvalue weighted by atomic mass is 9.87. The Morgan fingerprint density at radius 2 is 2.42 bits per heavy atom. The van der Waals surface area contributed by atoms with E-state index in [9.17, 15) is 0 Å². The third-order valence-corrected chi connectivity index (χ3v) is 2.36. The fraction of sp³-hybridized carbons (Fsp3) is 1.00. The van der Waals surface area contributed by atoms with Gasteiger partial charge in [-0.1, -0.05) is 12.0 Å². The topological polar surface area (TPSA) is 78.2 Å². The number of nitrogens with zero attached hydrogens (tertiary/aromatic N) is 3. The number of ether oxygens (including phenoxy) is 1. The van der Waals surface area contributed by atoms with Crippen molar-refractivity contribution < 1.29 is 9.84 Å². The standard InChI is InChI=1S/C6H12BN3O2/c1-3-4(2-11)12-6(7)5(3)9-10-8/h3-6,11H,2,7H2,1H3/t3-,4-,5-,6-/m1/s1. The van der Waals surface area contributed by atoms with Crippen LogP contribution in [0.3, 0.4) is 0 Å². The predicted octanol–water partition coefficient (Wildman–Crippen LogP) is -0.348. The van der Waals surface area contributed by atoms with Crippen molar-refractivity contribution in [3.63, 3.8) is 0 Å². The fourth-order valence-electron chi connectivity index (χ4n) is 1.60. The van der Waals surface area contributed by atoms with E-state index in [0.29, 0.717) is 0 Å². The molecule has 0 aromatic carbocycles. The zero-order chi connectivity index (χ0) is 9.14. The van der Waals surface area contributed by atoms with Crippen LogP contribution in [0.4, 0.5) is 0 Å². The first-order valence-corrected chi connectivity index (χ1v) is 4.01. The molecule has 0 amide bonds. The van der Waals surface area contributed by atoms with Gasteiger partial charge in [0.2, 0.25) is 0 Å². The first-order valence-electron chi connectivity index (χ1n) is 4.01. The molecule has 6 heteroatoms. The molecule has 1 rings (SSSR count). The van der Waals surface area contributed by atoms with E-state index >= 15 is 0 Å². The Hall–Kier alpha value is -0.705. The molecule has 4 atom stereocenters. The van der Waals surface area contributed by atoms with E-state index in [-0.39, 0.29) is 30.7 Å². The molecule has 0 aromatic rings. The molecule has 1 fully saturated rings. The Labute approximate surface area is 71.8 Å². The molecule has 5 nitrogen and oxygen atoms in total. The molecule has 1 aliphatic rings. The van der Waals surface area contributed by atoms with Gasteiger partial charge < -0.3 is 9.84 Å². The van der Waals surface area contributed by atoms with Crippen LogP contribution in [0.2, 0.25) is 0 Å². The second kappa shape index (κ2) is 3.80. The van der Waals surface area contributed by atoms with E-state index in [1.807, 2.05) is 14.8 Å². The lowest BCUT2D eigenvalue weighted by Crippen LogP contribution is -2.24. The average molecular weight is 169 g/mol. The Kier molecular flexibility index (Phi) is 2.97. The third-order valence-electron chi connectivity index (χ3n) is 2.36. The maximum absolute atomic E-state index is 8.88. The van der Waals surface area contributed by atoms with Crippen molar-refractivity contribution in [1.29, 1.82) is 0 Å². The predicted molar refractivity (Wildman–Crippen MR) is 46.4 cm³/mol. The molecule has 1 heterocycles. The van der Waals surface area contributed by atoms with Crippen molar-refractivity contribution in [2.45, 2.75) is 25.1 Å². The van der Waals surface area contributed by atoms with Crippen LogP contribution in [0.15, 0.2) is 5.11 Å². The Morgan fingerprint density at radius 1 is 1.75 bits per heavy atom. The SMILES string of the molecule is B[C@@H]1O[C@H](CO)[C@@H](C)[C@H]1N=[N+]=[N-]. The summed E-state index contributed by atoms with van der Waals surface area (Å²) in [5, 5.41) is 12.5. The summed E-state index contributed by atoms with van der Waals surface area (Å²) >= 11 is 0. The smallest absolute Gasteiger partial charge is 0.139 e. The summed E-state index contributed by atoms with van der Waals surface area (Å²) in [6.07, 6.45) is -0.185. The largest absolute Gasteiger partial charge is 0.394 e. The van der Waals surface area contributed by atoms with Crippen molar-refractivity contribution >= 4 is 7.85 Å². The summed E-state index contributed by atoms with van der Waals surface area (Å²) in [6.45, 7) is 1.91. The van der Waals surface area contributed by atoms with Gasteiger partial charge in [-0.15, -0.1) is 0 Å². The lowest BCUT2D eigenvalue weighted by molar-refractivity contribution is 0.0290. The van der Waals surface area contributed by atoms with Gasteiger partial charge in [-0.05, 0) is 11.4 Å². The molecule has 1 aliphatic heterocycles. The number of aliphatic hydroxyl groups is 1.